The monoisotopic (exact) mass is 419 g/mol. The maximum absolute atomic E-state index is 12.4. The van der Waals surface area contributed by atoms with Gasteiger partial charge in [-0.1, -0.05) is 6.92 Å². The van der Waals surface area contributed by atoms with E-state index in [4.69, 9.17) is 0 Å². The Morgan fingerprint density at radius 2 is 2.00 bits per heavy atom. The number of halogens is 2. The molecule has 0 amide bonds. The van der Waals surface area contributed by atoms with Gasteiger partial charge < -0.3 is 5.11 Å². The third kappa shape index (κ3) is 4.01. The first-order chi connectivity index (χ1) is 8.08. The fourth-order valence-corrected chi connectivity index (χ4v) is 6.80. The average molecular weight is 421 g/mol. The second kappa shape index (κ2) is 5.88. The molecule has 8 heteroatoms. The van der Waals surface area contributed by atoms with E-state index in [0.29, 0.717) is 10.3 Å². The zero-order chi connectivity index (χ0) is 14.1. The van der Waals surface area contributed by atoms with Crippen molar-refractivity contribution in [3.8, 4) is 0 Å². The van der Waals surface area contributed by atoms with Crippen LogP contribution in [0.1, 0.15) is 20.8 Å². The molecule has 1 rings (SSSR count). The predicted molar refractivity (Wildman–Crippen MR) is 80.4 cm³/mol. The lowest BCUT2D eigenvalue weighted by Crippen LogP contribution is -2.42. The van der Waals surface area contributed by atoms with Gasteiger partial charge in [0.2, 0.25) is 10.0 Å². The molecule has 0 aliphatic carbocycles. The fourth-order valence-electron chi connectivity index (χ4n) is 1.44. The molecule has 1 N–H and O–H groups in total. The van der Waals surface area contributed by atoms with Crippen LogP contribution in [0.4, 0.5) is 0 Å². The fraction of sp³-hybridized carbons (Fsp3) is 0.600. The molecular formula is C10H15Br2NO3S2. The molecule has 0 radical (unpaired) electrons. The van der Waals surface area contributed by atoms with Crippen LogP contribution in [0.25, 0.3) is 0 Å². The van der Waals surface area contributed by atoms with Gasteiger partial charge in [-0.2, -0.15) is 4.31 Å². The van der Waals surface area contributed by atoms with Crippen LogP contribution < -0.4 is 0 Å². The van der Waals surface area contributed by atoms with Crippen molar-refractivity contribution in [1.29, 1.82) is 0 Å². The number of hydrogen-bond acceptors (Lipinski definition) is 4. The Labute approximate surface area is 128 Å². The molecule has 1 aromatic rings. The van der Waals surface area contributed by atoms with Crippen LogP contribution in [0.3, 0.4) is 0 Å². The molecule has 1 aromatic heterocycles. The number of likely N-dealkylation sites (N-methyl/N-ethyl adjacent to an activating group) is 1. The third-order valence-corrected chi connectivity index (χ3v) is 6.84. The molecule has 0 fully saturated rings. The molecule has 0 saturated carbocycles. The molecule has 104 valence electrons. The Kier molecular flexibility index (Phi) is 5.42. The molecule has 0 atom stereocenters. The molecule has 0 aliphatic heterocycles. The number of sulfonamides is 1. The van der Waals surface area contributed by atoms with Crippen molar-refractivity contribution in [3.63, 3.8) is 0 Å². The normalized spacial score (nSPS) is 13.3. The van der Waals surface area contributed by atoms with Gasteiger partial charge in [-0.15, -0.1) is 11.3 Å². The highest BCUT2D eigenvalue weighted by Gasteiger charge is 2.30. The Morgan fingerprint density at radius 1 is 1.44 bits per heavy atom. The van der Waals surface area contributed by atoms with Gasteiger partial charge in [0.05, 0.1) is 13.2 Å². The Balaban J connectivity index is 3.15. The summed E-state index contributed by atoms with van der Waals surface area (Å²) in [5, 5.41) is 9.78. The van der Waals surface area contributed by atoms with E-state index in [1.807, 2.05) is 0 Å². The minimum absolute atomic E-state index is 0.0612. The molecule has 1 heterocycles. The van der Waals surface area contributed by atoms with E-state index in [2.05, 4.69) is 31.9 Å². The Hall–Kier alpha value is 0.530. The summed E-state index contributed by atoms with van der Waals surface area (Å²) >= 11 is 7.82. The molecule has 0 unspecified atom stereocenters. The van der Waals surface area contributed by atoms with Crippen LogP contribution in [0.5, 0.6) is 0 Å². The summed E-state index contributed by atoms with van der Waals surface area (Å²) < 4.78 is 27.5. The first kappa shape index (κ1) is 16.6. The summed E-state index contributed by atoms with van der Waals surface area (Å²) in [4.78, 5) is 0.227. The highest BCUT2D eigenvalue weighted by Crippen LogP contribution is 2.36. The second-order valence-electron chi connectivity index (χ2n) is 4.43. The summed E-state index contributed by atoms with van der Waals surface area (Å²) in [6.07, 6.45) is 0. The van der Waals surface area contributed by atoms with Crippen LogP contribution in [-0.2, 0) is 10.0 Å². The average Bonchev–Trinajstić information content (AvgIpc) is 2.53. The smallest absolute Gasteiger partial charge is 0.245 e. The van der Waals surface area contributed by atoms with Gasteiger partial charge in [0.25, 0.3) is 0 Å². The zero-order valence-corrected chi connectivity index (χ0v) is 15.1. The Bertz CT molecular complexity index is 520. The zero-order valence-electron chi connectivity index (χ0n) is 10.3. The largest absolute Gasteiger partial charge is 0.389 e. The van der Waals surface area contributed by atoms with Gasteiger partial charge in [-0.25, -0.2) is 8.42 Å². The van der Waals surface area contributed by atoms with Crippen LogP contribution in [0.15, 0.2) is 18.5 Å². The van der Waals surface area contributed by atoms with E-state index in [-0.39, 0.29) is 11.4 Å². The maximum Gasteiger partial charge on any atom is 0.245 e. The number of aliphatic hydroxyl groups is 1. The first-order valence-corrected chi connectivity index (χ1v) is 9.09. The SMILES string of the molecule is CCN(CC(C)(C)O)S(=O)(=O)c1cc(Br)sc1Br. The predicted octanol–water partition coefficient (Wildman–Crippen LogP) is 3.05. The number of thiophene rings is 1. The van der Waals surface area contributed by atoms with Gasteiger partial charge in [0, 0.05) is 13.1 Å². The van der Waals surface area contributed by atoms with Gasteiger partial charge >= 0.3 is 0 Å². The summed E-state index contributed by atoms with van der Waals surface area (Å²) in [6.45, 7) is 5.30. The molecule has 0 spiro atoms. The van der Waals surface area contributed by atoms with E-state index in [1.165, 1.54) is 15.6 Å². The lowest BCUT2D eigenvalue weighted by atomic mass is 10.1. The summed E-state index contributed by atoms with van der Waals surface area (Å²) in [7, 11) is -3.59. The summed E-state index contributed by atoms with van der Waals surface area (Å²) in [6, 6.07) is 1.57. The third-order valence-electron chi connectivity index (χ3n) is 2.16. The minimum Gasteiger partial charge on any atom is -0.389 e. The molecule has 0 saturated heterocycles. The van der Waals surface area contributed by atoms with E-state index in [9.17, 15) is 13.5 Å². The molecular weight excluding hydrogens is 406 g/mol. The lowest BCUT2D eigenvalue weighted by Gasteiger charge is -2.27. The van der Waals surface area contributed by atoms with Gasteiger partial charge in [0.15, 0.2) is 0 Å². The number of nitrogens with zero attached hydrogens (tertiary/aromatic N) is 1. The Morgan fingerprint density at radius 3 is 2.33 bits per heavy atom. The molecule has 0 aliphatic rings. The lowest BCUT2D eigenvalue weighted by molar-refractivity contribution is 0.0601. The second-order valence-corrected chi connectivity index (χ2v) is 10.1. The number of hydrogen-bond donors (Lipinski definition) is 1. The van der Waals surface area contributed by atoms with Crippen molar-refractivity contribution in [2.45, 2.75) is 31.3 Å². The van der Waals surface area contributed by atoms with Gasteiger partial charge in [-0.05, 0) is 51.8 Å². The maximum atomic E-state index is 12.4. The van der Waals surface area contributed by atoms with E-state index >= 15 is 0 Å². The van der Waals surface area contributed by atoms with Crippen LogP contribution >= 0.6 is 43.2 Å². The molecule has 4 nitrogen and oxygen atoms in total. The van der Waals surface area contributed by atoms with Crippen LogP contribution in [0, 0.1) is 0 Å². The van der Waals surface area contributed by atoms with Crippen molar-refractivity contribution in [2.24, 2.45) is 0 Å². The van der Waals surface area contributed by atoms with Crippen molar-refractivity contribution in [3.05, 3.63) is 13.6 Å². The van der Waals surface area contributed by atoms with Gasteiger partial charge in [0.1, 0.15) is 4.90 Å². The van der Waals surface area contributed by atoms with Gasteiger partial charge in [-0.3, -0.25) is 0 Å². The molecule has 0 bridgehead atoms. The van der Waals surface area contributed by atoms with Crippen LogP contribution in [-0.4, -0.2) is 36.5 Å². The standard InChI is InChI=1S/C10H15Br2NO3S2/c1-4-13(6-10(2,3)14)18(15,16)7-5-8(11)17-9(7)12/h5,14H,4,6H2,1-3H3. The van der Waals surface area contributed by atoms with E-state index in [0.717, 1.165) is 3.79 Å². The first-order valence-electron chi connectivity index (χ1n) is 5.25. The van der Waals surface area contributed by atoms with E-state index in [1.54, 1.807) is 26.8 Å². The topological polar surface area (TPSA) is 57.6 Å². The van der Waals surface area contributed by atoms with Crippen molar-refractivity contribution >= 4 is 53.2 Å². The van der Waals surface area contributed by atoms with Crippen molar-refractivity contribution < 1.29 is 13.5 Å². The van der Waals surface area contributed by atoms with E-state index < -0.39 is 15.6 Å². The van der Waals surface area contributed by atoms with Crippen molar-refractivity contribution in [1.82, 2.24) is 4.31 Å². The highest BCUT2D eigenvalue weighted by molar-refractivity contribution is 9.12. The minimum atomic E-state index is -3.59. The summed E-state index contributed by atoms with van der Waals surface area (Å²) in [5.74, 6) is 0. The molecule has 0 aromatic carbocycles. The number of rotatable bonds is 5. The van der Waals surface area contributed by atoms with Crippen molar-refractivity contribution in [2.75, 3.05) is 13.1 Å². The molecule has 18 heavy (non-hydrogen) atoms. The van der Waals surface area contributed by atoms with Crippen LogP contribution in [0.2, 0.25) is 0 Å². The quantitative estimate of drug-likeness (QED) is 0.796. The summed E-state index contributed by atoms with van der Waals surface area (Å²) in [5.41, 5.74) is -1.07. The highest BCUT2D eigenvalue weighted by atomic mass is 79.9.